The molecule has 154 valence electrons. The van der Waals surface area contributed by atoms with Crippen molar-refractivity contribution in [3.05, 3.63) is 93.0 Å². The van der Waals surface area contributed by atoms with Crippen LogP contribution in [0.2, 0.25) is 0 Å². The first kappa shape index (κ1) is 20.9. The molecule has 0 aliphatic rings. The number of amides is 1. The van der Waals surface area contributed by atoms with Crippen molar-refractivity contribution in [2.75, 3.05) is 12.4 Å². The number of carbonyl (C=O) groups excluding carboxylic acids is 1. The van der Waals surface area contributed by atoms with Crippen molar-refractivity contribution in [2.24, 2.45) is 0 Å². The predicted octanol–water partition coefficient (Wildman–Crippen LogP) is 5.05. The number of nitro benzene ring substituents is 1. The second kappa shape index (κ2) is 9.09. The van der Waals surface area contributed by atoms with E-state index in [0.717, 1.165) is 16.9 Å². The Hall–Kier alpha value is -3.87. The first-order valence-corrected chi connectivity index (χ1v) is 9.29. The molecule has 30 heavy (non-hydrogen) atoms. The monoisotopic (exact) mass is 406 g/mol. The minimum atomic E-state index is -0.508. The van der Waals surface area contributed by atoms with Gasteiger partial charge in [0.15, 0.2) is 0 Å². The van der Waals surface area contributed by atoms with E-state index in [2.05, 4.69) is 11.4 Å². The van der Waals surface area contributed by atoms with Crippen LogP contribution in [-0.4, -0.2) is 17.9 Å². The van der Waals surface area contributed by atoms with Gasteiger partial charge in [-0.05, 0) is 61.4 Å². The number of nitrogens with zero attached hydrogens (tertiary/aromatic N) is 1. The Morgan fingerprint density at radius 2 is 1.77 bits per heavy atom. The van der Waals surface area contributed by atoms with Crippen LogP contribution in [0.25, 0.3) is 0 Å². The fourth-order valence-electron chi connectivity index (χ4n) is 3.11. The van der Waals surface area contributed by atoms with E-state index in [4.69, 9.17) is 9.47 Å². The molecule has 0 atom stereocenters. The van der Waals surface area contributed by atoms with Crippen LogP contribution in [0.3, 0.4) is 0 Å². The van der Waals surface area contributed by atoms with E-state index in [1.165, 1.54) is 18.2 Å². The fourth-order valence-corrected chi connectivity index (χ4v) is 3.11. The lowest BCUT2D eigenvalue weighted by Gasteiger charge is -2.13. The maximum absolute atomic E-state index is 12.6. The number of hydrogen-bond donors (Lipinski definition) is 1. The van der Waals surface area contributed by atoms with Gasteiger partial charge in [-0.1, -0.05) is 12.1 Å². The minimum Gasteiger partial charge on any atom is -0.496 e. The third-order valence-corrected chi connectivity index (χ3v) is 4.45. The summed E-state index contributed by atoms with van der Waals surface area (Å²) < 4.78 is 11.3. The van der Waals surface area contributed by atoms with Crippen molar-refractivity contribution in [1.82, 2.24) is 0 Å². The molecule has 0 aromatic heterocycles. The molecule has 0 heterocycles. The number of ether oxygens (including phenoxy) is 2. The summed E-state index contributed by atoms with van der Waals surface area (Å²) >= 11 is 0. The lowest BCUT2D eigenvalue weighted by Crippen LogP contribution is -2.13. The zero-order chi connectivity index (χ0) is 21.7. The van der Waals surface area contributed by atoms with Gasteiger partial charge in [0, 0.05) is 28.9 Å². The van der Waals surface area contributed by atoms with Crippen LogP contribution in [0.5, 0.6) is 11.5 Å². The van der Waals surface area contributed by atoms with Gasteiger partial charge in [-0.3, -0.25) is 14.9 Å². The van der Waals surface area contributed by atoms with Crippen LogP contribution >= 0.6 is 0 Å². The molecule has 0 aliphatic heterocycles. The normalized spacial score (nSPS) is 10.4. The number of aryl methyl sites for hydroxylation is 2. The van der Waals surface area contributed by atoms with Gasteiger partial charge in [0.05, 0.1) is 12.0 Å². The highest BCUT2D eigenvalue weighted by molar-refractivity contribution is 6.04. The van der Waals surface area contributed by atoms with Gasteiger partial charge in [-0.2, -0.15) is 0 Å². The van der Waals surface area contributed by atoms with Gasteiger partial charge in [0.25, 0.3) is 11.6 Å². The molecular formula is C23H22N2O5. The summed E-state index contributed by atoms with van der Waals surface area (Å²) in [5.74, 6) is 0.957. The average Bonchev–Trinajstić information content (AvgIpc) is 2.71. The summed E-state index contributed by atoms with van der Waals surface area (Å²) in [4.78, 5) is 23.1. The van der Waals surface area contributed by atoms with Gasteiger partial charge >= 0.3 is 0 Å². The van der Waals surface area contributed by atoms with Crippen LogP contribution in [0, 0.1) is 24.0 Å². The highest BCUT2D eigenvalue weighted by atomic mass is 16.6. The molecular weight excluding hydrogens is 384 g/mol. The molecule has 1 amide bonds. The van der Waals surface area contributed by atoms with E-state index in [9.17, 15) is 14.9 Å². The van der Waals surface area contributed by atoms with E-state index in [1.54, 1.807) is 31.4 Å². The van der Waals surface area contributed by atoms with Crippen LogP contribution < -0.4 is 14.8 Å². The lowest BCUT2D eigenvalue weighted by molar-refractivity contribution is -0.384. The summed E-state index contributed by atoms with van der Waals surface area (Å²) in [6, 6.07) is 16.8. The van der Waals surface area contributed by atoms with Gasteiger partial charge in [0.1, 0.15) is 18.1 Å². The summed E-state index contributed by atoms with van der Waals surface area (Å²) in [5, 5.41) is 13.6. The lowest BCUT2D eigenvalue weighted by atomic mass is 10.1. The van der Waals surface area contributed by atoms with Crippen molar-refractivity contribution in [2.45, 2.75) is 20.5 Å². The molecule has 3 rings (SSSR count). The summed E-state index contributed by atoms with van der Waals surface area (Å²) in [6.07, 6.45) is 0. The van der Waals surface area contributed by atoms with E-state index in [-0.39, 0.29) is 18.2 Å². The highest BCUT2D eigenvalue weighted by Crippen LogP contribution is 2.24. The molecule has 3 aromatic rings. The van der Waals surface area contributed by atoms with Crippen molar-refractivity contribution in [1.29, 1.82) is 0 Å². The number of rotatable bonds is 7. The number of anilines is 1. The predicted molar refractivity (Wildman–Crippen MR) is 114 cm³/mol. The third-order valence-electron chi connectivity index (χ3n) is 4.45. The molecule has 7 nitrogen and oxygen atoms in total. The van der Waals surface area contributed by atoms with E-state index in [1.807, 2.05) is 26.0 Å². The Morgan fingerprint density at radius 3 is 2.43 bits per heavy atom. The number of benzene rings is 3. The van der Waals surface area contributed by atoms with Crippen LogP contribution in [0.4, 0.5) is 11.4 Å². The third kappa shape index (κ3) is 5.14. The summed E-state index contributed by atoms with van der Waals surface area (Å²) in [5.41, 5.74) is 3.55. The smallest absolute Gasteiger partial charge is 0.271 e. The Labute approximate surface area is 174 Å². The maximum atomic E-state index is 12.6. The average molecular weight is 406 g/mol. The Kier molecular flexibility index (Phi) is 6.32. The highest BCUT2D eigenvalue weighted by Gasteiger charge is 2.13. The van der Waals surface area contributed by atoms with Gasteiger partial charge in [0.2, 0.25) is 0 Å². The van der Waals surface area contributed by atoms with Crippen molar-refractivity contribution in [3.8, 4) is 11.5 Å². The van der Waals surface area contributed by atoms with Crippen molar-refractivity contribution < 1.29 is 19.2 Å². The number of nitrogens with one attached hydrogen (secondary N) is 1. The van der Waals surface area contributed by atoms with Crippen LogP contribution in [0.1, 0.15) is 27.0 Å². The largest absolute Gasteiger partial charge is 0.496 e. The number of carbonyl (C=O) groups is 1. The first-order chi connectivity index (χ1) is 14.4. The molecule has 0 bridgehead atoms. The molecule has 3 aromatic carbocycles. The van der Waals surface area contributed by atoms with E-state index in [0.29, 0.717) is 22.6 Å². The molecule has 0 saturated carbocycles. The number of non-ortho nitro benzene ring substituents is 1. The number of nitro groups is 1. The van der Waals surface area contributed by atoms with E-state index < -0.39 is 4.92 Å². The van der Waals surface area contributed by atoms with Gasteiger partial charge in [-0.15, -0.1) is 0 Å². The zero-order valence-corrected chi connectivity index (χ0v) is 17.0. The van der Waals surface area contributed by atoms with Gasteiger partial charge in [-0.25, -0.2) is 0 Å². The Bertz CT molecular complexity index is 1070. The molecule has 0 unspecified atom stereocenters. The van der Waals surface area contributed by atoms with E-state index >= 15 is 0 Å². The standard InChI is InChI=1S/C23H22N2O5/c1-15-9-16(2)11-21(10-15)30-14-18-12-17(7-8-22(18)29-3)23(26)24-19-5-4-6-20(13-19)25(27)28/h4-13H,14H2,1-3H3,(H,24,26). The number of methoxy groups -OCH3 is 1. The molecule has 0 saturated heterocycles. The molecule has 0 radical (unpaired) electrons. The minimum absolute atomic E-state index is 0.0925. The van der Waals surface area contributed by atoms with Crippen LogP contribution in [0.15, 0.2) is 60.7 Å². The molecule has 0 fully saturated rings. The van der Waals surface area contributed by atoms with Crippen molar-refractivity contribution in [3.63, 3.8) is 0 Å². The molecule has 1 N–H and O–H groups in total. The SMILES string of the molecule is COc1ccc(C(=O)Nc2cccc([N+](=O)[O-])c2)cc1COc1cc(C)cc(C)c1. The van der Waals surface area contributed by atoms with Crippen molar-refractivity contribution >= 4 is 17.3 Å². The summed E-state index contributed by atoms with van der Waals surface area (Å²) in [6.45, 7) is 4.22. The molecule has 0 aliphatic carbocycles. The fraction of sp³-hybridized carbons (Fsp3) is 0.174. The second-order valence-corrected chi connectivity index (χ2v) is 6.90. The van der Waals surface area contributed by atoms with Gasteiger partial charge < -0.3 is 14.8 Å². The second-order valence-electron chi connectivity index (χ2n) is 6.90. The molecule has 7 heteroatoms. The number of hydrogen-bond acceptors (Lipinski definition) is 5. The van der Waals surface area contributed by atoms with Crippen LogP contribution in [-0.2, 0) is 6.61 Å². The Balaban J connectivity index is 1.78. The summed E-state index contributed by atoms with van der Waals surface area (Å²) in [7, 11) is 1.55. The zero-order valence-electron chi connectivity index (χ0n) is 17.0. The maximum Gasteiger partial charge on any atom is 0.271 e. The topological polar surface area (TPSA) is 90.7 Å². The first-order valence-electron chi connectivity index (χ1n) is 9.29. The quantitative estimate of drug-likeness (QED) is 0.438. The Morgan fingerprint density at radius 1 is 1.03 bits per heavy atom. The molecule has 0 spiro atoms.